The van der Waals surface area contributed by atoms with E-state index < -0.39 is 35.7 Å². The van der Waals surface area contributed by atoms with Crippen molar-refractivity contribution in [2.75, 3.05) is 9.96 Å². The number of benzene rings is 3. The van der Waals surface area contributed by atoms with Crippen molar-refractivity contribution in [2.24, 2.45) is 5.92 Å². The van der Waals surface area contributed by atoms with Gasteiger partial charge in [-0.05, 0) is 66.7 Å². The topological polar surface area (TPSA) is 63.0 Å². The second-order valence-corrected chi connectivity index (χ2v) is 9.32. The Hall–Kier alpha value is -3.65. The smallest absolute Gasteiger partial charge is 0.266 e. The van der Waals surface area contributed by atoms with Gasteiger partial charge >= 0.3 is 0 Å². The Kier molecular flexibility index (Phi) is 5.56. The largest absolute Gasteiger partial charge is 0.459 e. The van der Waals surface area contributed by atoms with Gasteiger partial charge in [0.05, 0.1) is 16.4 Å². The molecule has 2 amide bonds. The van der Waals surface area contributed by atoms with Crippen molar-refractivity contribution < 1.29 is 23.2 Å². The molecule has 3 atom stereocenters. The predicted octanol–water partition coefficient (Wildman–Crippen LogP) is 6.44. The molecule has 3 heterocycles. The van der Waals surface area contributed by atoms with E-state index in [0.717, 1.165) is 4.90 Å². The summed E-state index contributed by atoms with van der Waals surface area (Å²) in [7, 11) is 0. The van der Waals surface area contributed by atoms with Gasteiger partial charge in [-0.25, -0.2) is 14.4 Å². The lowest BCUT2D eigenvalue weighted by Crippen LogP contribution is -2.37. The second kappa shape index (κ2) is 8.78. The number of fused-ring (bicyclic) bond motifs is 1. The van der Waals surface area contributed by atoms with Crippen LogP contribution < -0.4 is 9.96 Å². The van der Waals surface area contributed by atoms with Crippen LogP contribution in [0.25, 0.3) is 11.3 Å². The summed E-state index contributed by atoms with van der Waals surface area (Å²) in [5.74, 6) is -1.47. The molecule has 2 aliphatic heterocycles. The van der Waals surface area contributed by atoms with Crippen molar-refractivity contribution in [2.45, 2.75) is 12.1 Å². The molecule has 6 nitrogen and oxygen atoms in total. The monoisotopic (exact) mass is 522 g/mol. The first-order valence-corrected chi connectivity index (χ1v) is 11.9. The summed E-state index contributed by atoms with van der Waals surface area (Å²) in [6.07, 6.45) is -1.07. The number of furan rings is 1. The molecule has 0 N–H and O–H groups in total. The number of amides is 2. The molecule has 1 aromatic heterocycles. The number of imide groups is 1. The van der Waals surface area contributed by atoms with Crippen LogP contribution in [0.2, 0.25) is 10.0 Å². The normalized spacial score (nSPS) is 21.4. The van der Waals surface area contributed by atoms with Gasteiger partial charge in [0.2, 0.25) is 5.91 Å². The molecule has 0 radical (unpaired) electrons. The molecule has 9 heteroatoms. The van der Waals surface area contributed by atoms with Crippen LogP contribution >= 0.6 is 23.2 Å². The van der Waals surface area contributed by atoms with E-state index in [2.05, 4.69) is 0 Å². The Balaban J connectivity index is 1.43. The van der Waals surface area contributed by atoms with Crippen LogP contribution in [0.5, 0.6) is 0 Å². The van der Waals surface area contributed by atoms with Gasteiger partial charge in [0, 0.05) is 10.6 Å². The third-order valence-electron chi connectivity index (χ3n) is 6.32. The Morgan fingerprint density at radius 2 is 1.56 bits per heavy atom. The lowest BCUT2D eigenvalue weighted by Gasteiger charge is -2.27. The zero-order valence-electron chi connectivity index (χ0n) is 18.5. The van der Waals surface area contributed by atoms with Gasteiger partial charge in [-0.15, -0.1) is 0 Å². The van der Waals surface area contributed by atoms with E-state index in [0.29, 0.717) is 32.8 Å². The molecule has 4 aromatic rings. The van der Waals surface area contributed by atoms with Crippen LogP contribution in [0, 0.1) is 11.7 Å². The maximum absolute atomic E-state index is 13.6. The van der Waals surface area contributed by atoms with Crippen molar-refractivity contribution in [3.63, 3.8) is 0 Å². The summed E-state index contributed by atoms with van der Waals surface area (Å²) < 4.78 is 19.7. The summed E-state index contributed by atoms with van der Waals surface area (Å²) in [6, 6.07) is 22.1. The van der Waals surface area contributed by atoms with Gasteiger partial charge < -0.3 is 4.42 Å². The summed E-state index contributed by atoms with van der Waals surface area (Å²) in [5, 5.41) is 2.49. The summed E-state index contributed by atoms with van der Waals surface area (Å²) in [4.78, 5) is 34.1. The minimum absolute atomic E-state index is 0.278. The molecular formula is C27H17Cl2FN2O4. The van der Waals surface area contributed by atoms with Crippen molar-refractivity contribution in [3.05, 3.63) is 107 Å². The van der Waals surface area contributed by atoms with Crippen molar-refractivity contribution in [3.8, 4) is 11.3 Å². The van der Waals surface area contributed by atoms with Crippen molar-refractivity contribution >= 4 is 46.4 Å². The minimum atomic E-state index is -1.07. The highest BCUT2D eigenvalue weighted by Gasteiger charge is 2.61. The van der Waals surface area contributed by atoms with Crippen LogP contribution in [0.4, 0.5) is 15.8 Å². The fourth-order valence-electron chi connectivity index (χ4n) is 4.69. The quantitative estimate of drug-likeness (QED) is 0.288. The third kappa shape index (κ3) is 3.67. The standard InChI is InChI=1S/C27H17Cl2FN2O4/c28-15-6-11-20(29)19(14-15)21-12-13-22(35-21)24-23-25(36-32(24)18-4-2-1-3-5-18)27(34)31(26(23)33)17-9-7-16(30)8-10-17/h1-14,23-25H/t23-,24-,25-/m1/s1. The molecule has 36 heavy (non-hydrogen) atoms. The molecular weight excluding hydrogens is 506 g/mol. The Labute approximate surface area is 215 Å². The fraction of sp³-hybridized carbons (Fsp3) is 0.111. The number of rotatable bonds is 4. The maximum Gasteiger partial charge on any atom is 0.266 e. The third-order valence-corrected chi connectivity index (χ3v) is 6.89. The molecule has 180 valence electrons. The number of carbonyl (C=O) groups is 2. The number of nitrogens with zero attached hydrogens (tertiary/aromatic N) is 2. The van der Waals surface area contributed by atoms with Crippen molar-refractivity contribution in [1.29, 1.82) is 0 Å². The van der Waals surface area contributed by atoms with Crippen LogP contribution in [0.3, 0.4) is 0 Å². The molecule has 2 aliphatic rings. The van der Waals surface area contributed by atoms with Crippen LogP contribution in [-0.4, -0.2) is 17.9 Å². The van der Waals surface area contributed by atoms with E-state index in [4.69, 9.17) is 32.5 Å². The minimum Gasteiger partial charge on any atom is -0.459 e. The average molecular weight is 523 g/mol. The zero-order valence-corrected chi connectivity index (χ0v) is 20.0. The lowest BCUT2D eigenvalue weighted by molar-refractivity contribution is -0.126. The van der Waals surface area contributed by atoms with Gasteiger partial charge in [0.15, 0.2) is 6.10 Å². The summed E-state index contributed by atoms with van der Waals surface area (Å²) >= 11 is 12.5. The SMILES string of the molecule is O=C1[C@@H]2[C@@H](c3ccc(-c4cc(Cl)ccc4Cl)o3)N(c3ccccc3)O[C@H]2C(=O)N1c1ccc(F)cc1. The first kappa shape index (κ1) is 22.8. The van der Waals surface area contributed by atoms with Gasteiger partial charge in [0.1, 0.15) is 29.3 Å². The first-order chi connectivity index (χ1) is 17.4. The van der Waals surface area contributed by atoms with E-state index in [9.17, 15) is 14.0 Å². The summed E-state index contributed by atoms with van der Waals surface area (Å²) in [6.45, 7) is 0. The van der Waals surface area contributed by atoms with E-state index in [1.165, 1.54) is 29.3 Å². The van der Waals surface area contributed by atoms with Crippen LogP contribution in [0.1, 0.15) is 11.8 Å². The molecule has 6 rings (SSSR count). The molecule has 3 aromatic carbocycles. The van der Waals surface area contributed by atoms with E-state index >= 15 is 0 Å². The fourth-order valence-corrected chi connectivity index (χ4v) is 5.07. The molecule has 0 saturated carbocycles. The number of halogens is 3. The molecule has 0 spiro atoms. The molecule has 0 unspecified atom stereocenters. The van der Waals surface area contributed by atoms with Gasteiger partial charge in [-0.1, -0.05) is 41.4 Å². The van der Waals surface area contributed by atoms with Gasteiger partial charge in [-0.2, -0.15) is 0 Å². The van der Waals surface area contributed by atoms with Gasteiger partial charge in [-0.3, -0.25) is 14.4 Å². The van der Waals surface area contributed by atoms with E-state index in [1.54, 1.807) is 30.3 Å². The van der Waals surface area contributed by atoms with Crippen LogP contribution in [-0.2, 0) is 14.4 Å². The Bertz CT molecular complexity index is 1470. The van der Waals surface area contributed by atoms with E-state index in [-0.39, 0.29) is 5.69 Å². The first-order valence-electron chi connectivity index (χ1n) is 11.1. The maximum atomic E-state index is 13.6. The van der Waals surface area contributed by atoms with Crippen molar-refractivity contribution in [1.82, 2.24) is 0 Å². The summed E-state index contributed by atoms with van der Waals surface area (Å²) in [5.41, 5.74) is 1.53. The Morgan fingerprint density at radius 3 is 2.31 bits per heavy atom. The second-order valence-electron chi connectivity index (χ2n) is 8.47. The van der Waals surface area contributed by atoms with Crippen LogP contribution in [0.15, 0.2) is 89.3 Å². The molecule has 2 saturated heterocycles. The zero-order chi connectivity index (χ0) is 25.0. The van der Waals surface area contributed by atoms with Gasteiger partial charge in [0.25, 0.3) is 5.91 Å². The highest BCUT2D eigenvalue weighted by atomic mass is 35.5. The Morgan fingerprint density at radius 1 is 0.806 bits per heavy atom. The number of anilines is 2. The molecule has 2 fully saturated rings. The highest BCUT2D eigenvalue weighted by molar-refractivity contribution is 6.35. The number of carbonyl (C=O) groups excluding carboxylic acids is 2. The number of para-hydroxylation sites is 1. The number of hydroxylamine groups is 1. The lowest BCUT2D eigenvalue weighted by atomic mass is 9.94. The number of hydrogen-bond acceptors (Lipinski definition) is 5. The predicted molar refractivity (Wildman–Crippen MR) is 133 cm³/mol. The molecule has 0 aliphatic carbocycles. The highest BCUT2D eigenvalue weighted by Crippen LogP contribution is 2.48. The number of hydrogen-bond donors (Lipinski definition) is 0. The van der Waals surface area contributed by atoms with E-state index in [1.807, 2.05) is 30.3 Å². The molecule has 0 bridgehead atoms. The average Bonchev–Trinajstić information content (AvgIpc) is 3.57.